The Hall–Kier alpha value is -2.55. The molecule has 1 saturated carbocycles. The van der Waals surface area contributed by atoms with Crippen LogP contribution in [0.2, 0.25) is 0 Å². The predicted octanol–water partition coefficient (Wildman–Crippen LogP) is 1.75. The highest BCUT2D eigenvalue weighted by molar-refractivity contribution is 5.99. The quantitative estimate of drug-likeness (QED) is 0.802. The number of hydrogen-bond donors (Lipinski definition) is 1. The van der Waals surface area contributed by atoms with E-state index in [1.54, 1.807) is 0 Å². The fourth-order valence-electron chi connectivity index (χ4n) is 3.52. The zero-order valence-corrected chi connectivity index (χ0v) is 15.0. The second-order valence-corrected chi connectivity index (χ2v) is 6.73. The normalized spacial score (nSPS) is 23.9. The molecule has 1 aliphatic heterocycles. The van der Waals surface area contributed by atoms with Crippen LogP contribution >= 0.6 is 0 Å². The van der Waals surface area contributed by atoms with Crippen molar-refractivity contribution in [2.75, 3.05) is 33.9 Å². The molecule has 0 aromatic heterocycles. The van der Waals surface area contributed by atoms with E-state index in [1.165, 1.54) is 19.1 Å². The number of nitrogens with zero attached hydrogens (tertiary/aromatic N) is 1. The van der Waals surface area contributed by atoms with Gasteiger partial charge in [0.2, 0.25) is 0 Å². The largest absolute Gasteiger partial charge is 0.453 e. The Bertz CT molecular complexity index is 777. The Morgan fingerprint density at radius 2 is 2.00 bits per heavy atom. The van der Waals surface area contributed by atoms with E-state index in [9.17, 15) is 23.2 Å². The average Bonchev–Trinajstić information content (AvgIpc) is 3.29. The number of rotatable bonds is 4. The Morgan fingerprint density at radius 3 is 2.59 bits per heavy atom. The molecule has 3 rings (SSSR count). The first kappa shape index (κ1) is 19.2. The van der Waals surface area contributed by atoms with Crippen molar-refractivity contribution in [1.29, 1.82) is 0 Å². The van der Waals surface area contributed by atoms with Crippen LogP contribution in [-0.2, 0) is 9.47 Å². The summed E-state index contributed by atoms with van der Waals surface area (Å²) in [6.45, 7) is 0.973. The van der Waals surface area contributed by atoms with Crippen molar-refractivity contribution in [1.82, 2.24) is 10.2 Å². The van der Waals surface area contributed by atoms with Crippen molar-refractivity contribution >= 4 is 17.8 Å². The molecule has 1 aromatic carbocycles. The number of ether oxygens (including phenoxy) is 2. The maximum absolute atomic E-state index is 14.2. The maximum Gasteiger partial charge on any atom is 0.409 e. The van der Waals surface area contributed by atoms with Gasteiger partial charge in [-0.15, -0.1) is 0 Å². The van der Waals surface area contributed by atoms with Gasteiger partial charge in [0, 0.05) is 25.6 Å². The van der Waals surface area contributed by atoms with Crippen LogP contribution in [0.1, 0.15) is 33.6 Å². The van der Waals surface area contributed by atoms with Crippen molar-refractivity contribution in [2.45, 2.75) is 18.4 Å². The summed E-state index contributed by atoms with van der Waals surface area (Å²) in [5, 5.41) is 2.27. The minimum Gasteiger partial charge on any atom is -0.453 e. The zero-order chi connectivity index (χ0) is 19.8. The first-order valence-electron chi connectivity index (χ1n) is 8.52. The number of benzene rings is 1. The molecule has 2 atom stereocenters. The van der Waals surface area contributed by atoms with Crippen molar-refractivity contribution in [3.05, 3.63) is 34.9 Å². The van der Waals surface area contributed by atoms with Crippen LogP contribution in [0.15, 0.2) is 12.1 Å². The van der Waals surface area contributed by atoms with Crippen LogP contribution in [0.3, 0.4) is 0 Å². The van der Waals surface area contributed by atoms with E-state index in [4.69, 9.17) is 9.47 Å². The number of halogens is 2. The van der Waals surface area contributed by atoms with Crippen LogP contribution in [0.4, 0.5) is 13.6 Å². The second-order valence-electron chi connectivity index (χ2n) is 6.73. The third kappa shape index (κ3) is 3.64. The number of Topliss-reactive ketones (excluding diaryl/α,β-unsaturated/α-hetero) is 1. The summed E-state index contributed by atoms with van der Waals surface area (Å²) in [5.41, 5.74) is -1.53. The number of hydrogen-bond acceptors (Lipinski definition) is 5. The second kappa shape index (κ2) is 7.22. The molecular weight excluding hydrogens is 362 g/mol. The summed E-state index contributed by atoms with van der Waals surface area (Å²) in [6.07, 6.45) is -0.0648. The molecule has 2 aliphatic rings. The van der Waals surface area contributed by atoms with Crippen molar-refractivity contribution < 1.29 is 32.6 Å². The highest BCUT2D eigenvalue weighted by atomic mass is 19.1. The topological polar surface area (TPSA) is 84.9 Å². The van der Waals surface area contributed by atoms with E-state index in [1.807, 2.05) is 0 Å². The van der Waals surface area contributed by atoms with Gasteiger partial charge in [-0.25, -0.2) is 13.6 Å². The Labute approximate surface area is 154 Å². The molecule has 2 amide bonds. The smallest absolute Gasteiger partial charge is 0.409 e. The minimum absolute atomic E-state index is 0.109. The third-order valence-corrected chi connectivity index (χ3v) is 5.06. The molecule has 1 heterocycles. The molecule has 7 nitrogen and oxygen atoms in total. The molecule has 146 valence electrons. The summed E-state index contributed by atoms with van der Waals surface area (Å²) in [4.78, 5) is 37.1. The summed E-state index contributed by atoms with van der Waals surface area (Å²) >= 11 is 0. The molecule has 1 spiro atoms. The van der Waals surface area contributed by atoms with Crippen molar-refractivity contribution in [3.63, 3.8) is 0 Å². The first-order chi connectivity index (χ1) is 12.8. The van der Waals surface area contributed by atoms with Crippen LogP contribution in [0, 0.1) is 17.6 Å². The molecule has 0 bridgehead atoms. The summed E-state index contributed by atoms with van der Waals surface area (Å²) < 4.78 is 38.9. The van der Waals surface area contributed by atoms with Gasteiger partial charge in [0.25, 0.3) is 5.91 Å². The van der Waals surface area contributed by atoms with E-state index in [0.717, 1.165) is 12.1 Å². The molecule has 0 radical (unpaired) electrons. The first-order valence-corrected chi connectivity index (χ1v) is 8.52. The zero-order valence-electron chi connectivity index (χ0n) is 15.0. The SMILES string of the molecule is CNC(=O)c1cc(F)c(C(=O)CC2C[C@]23CN(C(=O)OC)CCO3)c(F)c1. The molecular formula is C18H20F2N2O5. The number of amides is 2. The lowest BCUT2D eigenvalue weighted by Crippen LogP contribution is -2.47. The van der Waals surface area contributed by atoms with E-state index in [-0.39, 0.29) is 24.4 Å². The maximum atomic E-state index is 14.2. The van der Waals surface area contributed by atoms with Gasteiger partial charge in [0.05, 0.1) is 31.4 Å². The fraction of sp³-hybridized carbons (Fsp3) is 0.500. The Kier molecular flexibility index (Phi) is 5.14. The van der Waals surface area contributed by atoms with Crippen molar-refractivity contribution in [2.24, 2.45) is 5.92 Å². The van der Waals surface area contributed by atoms with Gasteiger partial charge < -0.3 is 19.7 Å². The molecule has 1 unspecified atom stereocenters. The van der Waals surface area contributed by atoms with Gasteiger partial charge >= 0.3 is 6.09 Å². The minimum atomic E-state index is -1.07. The van der Waals surface area contributed by atoms with Crippen LogP contribution < -0.4 is 5.32 Å². The lowest BCUT2D eigenvalue weighted by molar-refractivity contribution is -0.0500. The Morgan fingerprint density at radius 1 is 1.33 bits per heavy atom. The highest BCUT2D eigenvalue weighted by Crippen LogP contribution is 2.51. The predicted molar refractivity (Wildman–Crippen MR) is 89.5 cm³/mol. The van der Waals surface area contributed by atoms with Gasteiger partial charge in [0.15, 0.2) is 5.78 Å². The van der Waals surface area contributed by atoms with Gasteiger partial charge in [-0.05, 0) is 24.5 Å². The molecule has 2 fully saturated rings. The number of nitrogens with one attached hydrogen (secondary N) is 1. The molecule has 9 heteroatoms. The molecule has 1 saturated heterocycles. The highest BCUT2D eigenvalue weighted by Gasteiger charge is 2.59. The molecule has 27 heavy (non-hydrogen) atoms. The average molecular weight is 382 g/mol. The lowest BCUT2D eigenvalue weighted by atomic mass is 10.0. The van der Waals surface area contributed by atoms with Gasteiger partial charge in [-0.3, -0.25) is 9.59 Å². The standard InChI is InChI=1S/C18H20F2N2O5/c1-21-16(24)10-5-12(19)15(13(20)6-10)14(23)7-11-8-18(11)9-22(3-4-27-18)17(25)26-2/h5-6,11H,3-4,7-9H2,1-2H3,(H,21,24)/t11?,18-/m0/s1. The van der Waals surface area contributed by atoms with E-state index in [2.05, 4.69) is 5.32 Å². The fourth-order valence-corrected chi connectivity index (χ4v) is 3.52. The number of methoxy groups -OCH3 is 1. The Balaban J connectivity index is 1.70. The summed E-state index contributed by atoms with van der Waals surface area (Å²) in [6, 6.07) is 1.68. The molecule has 1 aliphatic carbocycles. The third-order valence-electron chi connectivity index (χ3n) is 5.06. The van der Waals surface area contributed by atoms with E-state index >= 15 is 0 Å². The molecule has 1 aromatic rings. The monoisotopic (exact) mass is 382 g/mol. The van der Waals surface area contributed by atoms with Gasteiger partial charge in [-0.2, -0.15) is 0 Å². The van der Waals surface area contributed by atoms with Crippen molar-refractivity contribution in [3.8, 4) is 0 Å². The van der Waals surface area contributed by atoms with Crippen LogP contribution in [-0.4, -0.2) is 62.1 Å². The lowest BCUT2D eigenvalue weighted by Gasteiger charge is -2.33. The van der Waals surface area contributed by atoms with Crippen LogP contribution in [0.5, 0.6) is 0 Å². The van der Waals surface area contributed by atoms with Crippen LogP contribution in [0.25, 0.3) is 0 Å². The van der Waals surface area contributed by atoms with E-state index < -0.39 is 40.6 Å². The number of carbonyl (C=O) groups excluding carboxylic acids is 3. The van der Waals surface area contributed by atoms with E-state index in [0.29, 0.717) is 19.6 Å². The summed E-state index contributed by atoms with van der Waals surface area (Å²) in [5.74, 6) is -3.74. The number of ketones is 1. The van der Waals surface area contributed by atoms with Gasteiger partial charge in [-0.1, -0.05) is 0 Å². The molecule has 1 N–H and O–H groups in total. The number of carbonyl (C=O) groups is 3. The number of morpholine rings is 1. The summed E-state index contributed by atoms with van der Waals surface area (Å²) in [7, 11) is 2.62. The van der Waals surface area contributed by atoms with Gasteiger partial charge in [0.1, 0.15) is 11.6 Å².